The van der Waals surface area contributed by atoms with Crippen molar-refractivity contribution >= 4 is 0 Å². The molecule has 1 aliphatic rings. The zero-order valence-corrected chi connectivity index (χ0v) is 12.7. The summed E-state index contributed by atoms with van der Waals surface area (Å²) in [5.74, 6) is 0. The molecule has 4 heterocycles. The lowest BCUT2D eigenvalue weighted by atomic mass is 10.1. The van der Waals surface area contributed by atoms with Gasteiger partial charge in [0.15, 0.2) is 0 Å². The van der Waals surface area contributed by atoms with E-state index in [2.05, 4.69) is 10.1 Å². The Bertz CT molecular complexity index is 810. The van der Waals surface area contributed by atoms with Crippen LogP contribution < -0.4 is 0 Å². The lowest BCUT2D eigenvalue weighted by molar-refractivity contribution is -0.0467. The van der Waals surface area contributed by atoms with Crippen LogP contribution in [0.5, 0.6) is 0 Å². The first-order valence-electron chi connectivity index (χ1n) is 7.46. The monoisotopic (exact) mass is 308 g/mol. The molecule has 4 rings (SSSR count). The van der Waals surface area contributed by atoms with Gasteiger partial charge >= 0.3 is 0 Å². The van der Waals surface area contributed by atoms with E-state index in [1.807, 2.05) is 49.8 Å². The molecule has 1 saturated heterocycles. The Labute approximate surface area is 133 Å². The molecule has 1 fully saturated rings. The van der Waals surface area contributed by atoms with Crippen molar-refractivity contribution < 1.29 is 9.47 Å². The molecular weight excluding hydrogens is 292 g/mol. The minimum atomic E-state index is -0.450. The van der Waals surface area contributed by atoms with Gasteiger partial charge in [0.05, 0.1) is 30.8 Å². The molecule has 0 aliphatic carbocycles. The van der Waals surface area contributed by atoms with Crippen molar-refractivity contribution in [1.82, 2.24) is 19.7 Å². The van der Waals surface area contributed by atoms with E-state index in [1.54, 1.807) is 10.9 Å². The molecule has 0 amide bonds. The number of hydrogen-bond acceptors (Lipinski definition) is 5. The van der Waals surface area contributed by atoms with Gasteiger partial charge in [0.25, 0.3) is 0 Å². The van der Waals surface area contributed by atoms with E-state index in [0.29, 0.717) is 13.2 Å². The summed E-state index contributed by atoms with van der Waals surface area (Å²) >= 11 is 0. The van der Waals surface area contributed by atoms with Crippen LogP contribution in [0.25, 0.3) is 22.5 Å². The van der Waals surface area contributed by atoms with Crippen LogP contribution >= 0.6 is 0 Å². The molecule has 3 aromatic heterocycles. The molecule has 116 valence electrons. The summed E-state index contributed by atoms with van der Waals surface area (Å²) in [6.45, 7) is 1.15. The lowest BCUT2D eigenvalue weighted by Gasteiger charge is -2.14. The van der Waals surface area contributed by atoms with Crippen LogP contribution in [-0.2, 0) is 16.5 Å². The van der Waals surface area contributed by atoms with Crippen molar-refractivity contribution in [3.63, 3.8) is 0 Å². The number of nitrogens with zero attached hydrogens (tertiary/aromatic N) is 4. The fourth-order valence-electron chi connectivity index (χ4n) is 2.63. The second kappa shape index (κ2) is 5.91. The third-order valence-corrected chi connectivity index (χ3v) is 3.71. The van der Waals surface area contributed by atoms with Gasteiger partial charge in [-0.2, -0.15) is 5.10 Å². The fraction of sp³-hybridized carbons (Fsp3) is 0.235. The number of hydrogen-bond donors (Lipinski definition) is 0. The Morgan fingerprint density at radius 1 is 1.09 bits per heavy atom. The highest BCUT2D eigenvalue weighted by molar-refractivity contribution is 5.68. The van der Waals surface area contributed by atoms with Gasteiger partial charge in [-0.3, -0.25) is 9.67 Å². The molecule has 0 atom stereocenters. The fourth-order valence-corrected chi connectivity index (χ4v) is 2.63. The maximum Gasteiger partial charge on any atom is 0.201 e. The summed E-state index contributed by atoms with van der Waals surface area (Å²) in [4.78, 5) is 9.12. The summed E-state index contributed by atoms with van der Waals surface area (Å²) in [5.41, 5.74) is 4.34. The van der Waals surface area contributed by atoms with Gasteiger partial charge in [-0.15, -0.1) is 0 Å². The number of ether oxygens (including phenoxy) is 2. The molecule has 3 aromatic rings. The van der Waals surface area contributed by atoms with Crippen LogP contribution in [0.2, 0.25) is 0 Å². The van der Waals surface area contributed by atoms with Crippen LogP contribution in [0.1, 0.15) is 12.0 Å². The number of pyridine rings is 2. The van der Waals surface area contributed by atoms with Gasteiger partial charge in [-0.05, 0) is 18.2 Å². The van der Waals surface area contributed by atoms with Crippen molar-refractivity contribution in [2.24, 2.45) is 7.05 Å². The highest BCUT2D eigenvalue weighted by Crippen LogP contribution is 2.33. The molecule has 0 spiro atoms. The summed E-state index contributed by atoms with van der Waals surface area (Å²) in [5, 5.41) is 4.24. The van der Waals surface area contributed by atoms with Crippen molar-refractivity contribution in [3.05, 3.63) is 54.6 Å². The Morgan fingerprint density at radius 3 is 2.65 bits per heavy atom. The molecular formula is C17H16N4O2. The summed E-state index contributed by atoms with van der Waals surface area (Å²) in [6.07, 6.45) is 5.08. The molecule has 6 heteroatoms. The van der Waals surface area contributed by atoms with Crippen molar-refractivity contribution in [3.8, 4) is 22.5 Å². The minimum Gasteiger partial charge on any atom is -0.345 e. The van der Waals surface area contributed by atoms with Gasteiger partial charge in [-0.1, -0.05) is 12.1 Å². The average molecular weight is 308 g/mol. The molecule has 0 saturated carbocycles. The maximum atomic E-state index is 5.67. The first-order chi connectivity index (χ1) is 11.3. The molecule has 0 aromatic carbocycles. The van der Waals surface area contributed by atoms with Crippen LogP contribution in [0.15, 0.2) is 48.9 Å². The SMILES string of the molecule is Cn1cc(-c2ccc(-c3ccccn3)nc2C2OCCO2)cn1. The highest BCUT2D eigenvalue weighted by Gasteiger charge is 2.24. The second-order valence-corrected chi connectivity index (χ2v) is 5.32. The van der Waals surface area contributed by atoms with Crippen molar-refractivity contribution in [2.45, 2.75) is 6.29 Å². The van der Waals surface area contributed by atoms with E-state index in [-0.39, 0.29) is 0 Å². The van der Waals surface area contributed by atoms with Gasteiger partial charge in [-0.25, -0.2) is 4.98 Å². The molecule has 0 radical (unpaired) electrons. The first kappa shape index (κ1) is 14.0. The molecule has 1 aliphatic heterocycles. The van der Waals surface area contributed by atoms with E-state index >= 15 is 0 Å². The van der Waals surface area contributed by atoms with Gasteiger partial charge < -0.3 is 9.47 Å². The smallest absolute Gasteiger partial charge is 0.201 e. The Hall–Kier alpha value is -2.57. The second-order valence-electron chi connectivity index (χ2n) is 5.32. The third kappa shape index (κ3) is 2.74. The summed E-state index contributed by atoms with van der Waals surface area (Å²) in [7, 11) is 1.89. The molecule has 0 bridgehead atoms. The van der Waals surface area contributed by atoms with Gasteiger partial charge in [0, 0.05) is 30.6 Å². The van der Waals surface area contributed by atoms with Crippen LogP contribution in [0.4, 0.5) is 0 Å². The van der Waals surface area contributed by atoms with E-state index in [0.717, 1.165) is 28.2 Å². The van der Waals surface area contributed by atoms with Crippen LogP contribution in [0, 0.1) is 0 Å². The Balaban J connectivity index is 1.83. The van der Waals surface area contributed by atoms with Gasteiger partial charge in [0.1, 0.15) is 5.69 Å². The van der Waals surface area contributed by atoms with Crippen molar-refractivity contribution in [1.29, 1.82) is 0 Å². The van der Waals surface area contributed by atoms with E-state index in [1.165, 1.54) is 0 Å². The zero-order chi connectivity index (χ0) is 15.6. The summed E-state index contributed by atoms with van der Waals surface area (Å²) in [6, 6.07) is 9.75. The van der Waals surface area contributed by atoms with Crippen LogP contribution in [-0.4, -0.2) is 33.0 Å². The van der Waals surface area contributed by atoms with Gasteiger partial charge in [0.2, 0.25) is 6.29 Å². The van der Waals surface area contributed by atoms with E-state index in [4.69, 9.17) is 14.5 Å². The largest absolute Gasteiger partial charge is 0.345 e. The van der Waals surface area contributed by atoms with E-state index < -0.39 is 6.29 Å². The molecule has 0 unspecified atom stereocenters. The highest BCUT2D eigenvalue weighted by atomic mass is 16.7. The molecule has 23 heavy (non-hydrogen) atoms. The third-order valence-electron chi connectivity index (χ3n) is 3.71. The van der Waals surface area contributed by atoms with Crippen molar-refractivity contribution in [2.75, 3.05) is 13.2 Å². The quantitative estimate of drug-likeness (QED) is 0.744. The minimum absolute atomic E-state index is 0.450. The predicted octanol–water partition coefficient (Wildman–Crippen LogP) is 2.59. The Morgan fingerprint density at radius 2 is 1.96 bits per heavy atom. The standard InChI is InChI=1S/C17H16N4O2/c1-21-11-12(10-19-21)13-5-6-15(14-4-2-3-7-18-14)20-16(13)17-22-8-9-23-17/h2-7,10-11,17H,8-9H2,1H3. The Kier molecular flexibility index (Phi) is 3.61. The van der Waals surface area contributed by atoms with Crippen LogP contribution in [0.3, 0.4) is 0 Å². The maximum absolute atomic E-state index is 5.67. The first-order valence-corrected chi connectivity index (χ1v) is 7.46. The molecule has 6 nitrogen and oxygen atoms in total. The normalized spacial score (nSPS) is 15.2. The topological polar surface area (TPSA) is 62.1 Å². The number of aromatic nitrogens is 4. The zero-order valence-electron chi connectivity index (χ0n) is 12.7. The molecule has 0 N–H and O–H groups in total. The predicted molar refractivity (Wildman–Crippen MR) is 84.3 cm³/mol. The lowest BCUT2D eigenvalue weighted by Crippen LogP contribution is -2.05. The number of rotatable bonds is 3. The summed E-state index contributed by atoms with van der Waals surface area (Å²) < 4.78 is 13.1. The van der Waals surface area contributed by atoms with E-state index in [9.17, 15) is 0 Å². The number of aryl methyl sites for hydroxylation is 1. The average Bonchev–Trinajstić information content (AvgIpc) is 3.27.